The van der Waals surface area contributed by atoms with Crippen LogP contribution in [0.2, 0.25) is 5.02 Å². The first kappa shape index (κ1) is 22.0. The summed E-state index contributed by atoms with van der Waals surface area (Å²) in [7, 11) is 0. The summed E-state index contributed by atoms with van der Waals surface area (Å²) in [5, 5.41) is 3.66. The number of hydrogen-bond donors (Lipinski definition) is 1. The van der Waals surface area contributed by atoms with Gasteiger partial charge >= 0.3 is 0 Å². The molecule has 0 radical (unpaired) electrons. The molecule has 0 heterocycles. The van der Waals surface area contributed by atoms with Gasteiger partial charge in [-0.25, -0.2) is 0 Å². The van der Waals surface area contributed by atoms with E-state index in [2.05, 4.69) is 12.2 Å². The quantitative estimate of drug-likeness (QED) is 0.592. The van der Waals surface area contributed by atoms with Crippen LogP contribution in [0, 0.1) is 0 Å². The molecule has 4 nitrogen and oxygen atoms in total. The Bertz CT molecular complexity index is 747. The van der Waals surface area contributed by atoms with Crippen molar-refractivity contribution in [1.29, 1.82) is 0 Å². The zero-order valence-electron chi connectivity index (χ0n) is 16.7. The van der Waals surface area contributed by atoms with E-state index < -0.39 is 6.04 Å². The molecular formula is C23H29ClN2O2. The highest BCUT2D eigenvalue weighted by atomic mass is 35.5. The summed E-state index contributed by atoms with van der Waals surface area (Å²) in [5.74, 6) is -0.233. The van der Waals surface area contributed by atoms with E-state index in [1.165, 1.54) is 6.92 Å². The van der Waals surface area contributed by atoms with Crippen LogP contribution in [0.5, 0.6) is 0 Å². The van der Waals surface area contributed by atoms with Gasteiger partial charge in [0.2, 0.25) is 11.8 Å². The normalized spacial score (nSPS) is 11.7. The SMILES string of the molecule is CCCCCNC(=O)[C@H](Cc1ccccc1)N(Cc1ccc(Cl)cc1)C(C)=O. The van der Waals surface area contributed by atoms with Crippen LogP contribution in [-0.4, -0.2) is 29.3 Å². The summed E-state index contributed by atoms with van der Waals surface area (Å²) >= 11 is 5.97. The minimum Gasteiger partial charge on any atom is -0.354 e. The molecule has 1 atom stereocenters. The first-order chi connectivity index (χ1) is 13.5. The summed E-state index contributed by atoms with van der Waals surface area (Å²) < 4.78 is 0. The third-order valence-corrected chi connectivity index (χ3v) is 4.95. The average molecular weight is 401 g/mol. The Labute approximate surface area is 172 Å². The van der Waals surface area contributed by atoms with Crippen LogP contribution in [0.3, 0.4) is 0 Å². The first-order valence-electron chi connectivity index (χ1n) is 9.84. The summed E-state index contributed by atoms with van der Waals surface area (Å²) in [4.78, 5) is 27.1. The zero-order valence-corrected chi connectivity index (χ0v) is 17.4. The summed E-state index contributed by atoms with van der Waals surface area (Å²) in [6.07, 6.45) is 3.59. The van der Waals surface area contributed by atoms with Crippen LogP contribution in [0.25, 0.3) is 0 Å². The van der Waals surface area contributed by atoms with Gasteiger partial charge in [0, 0.05) is 31.5 Å². The molecule has 2 aromatic carbocycles. The molecule has 150 valence electrons. The van der Waals surface area contributed by atoms with E-state index in [9.17, 15) is 9.59 Å². The molecule has 0 spiro atoms. The third kappa shape index (κ3) is 7.01. The molecule has 0 unspecified atom stereocenters. The molecule has 0 saturated carbocycles. The standard InChI is InChI=1S/C23H29ClN2O2/c1-3-4-8-15-25-23(28)22(16-19-9-6-5-7-10-19)26(18(2)27)17-20-11-13-21(24)14-12-20/h5-7,9-14,22H,3-4,8,15-17H2,1-2H3,(H,25,28)/t22-/m0/s1. The molecular weight excluding hydrogens is 372 g/mol. The van der Waals surface area contributed by atoms with Crippen molar-refractivity contribution in [2.24, 2.45) is 0 Å². The predicted octanol–water partition coefficient (Wildman–Crippen LogP) is 4.61. The number of amides is 2. The number of benzene rings is 2. The van der Waals surface area contributed by atoms with Crippen molar-refractivity contribution in [2.45, 2.75) is 52.1 Å². The molecule has 2 aromatic rings. The summed E-state index contributed by atoms with van der Waals surface area (Å²) in [6, 6.07) is 16.6. The van der Waals surface area contributed by atoms with Crippen molar-refractivity contribution in [3.8, 4) is 0 Å². The number of rotatable bonds is 10. The minimum absolute atomic E-state index is 0.107. The van der Waals surface area contributed by atoms with Gasteiger partial charge in [-0.3, -0.25) is 9.59 Å². The largest absolute Gasteiger partial charge is 0.354 e. The second-order valence-corrected chi connectivity index (χ2v) is 7.41. The second kappa shape index (κ2) is 11.5. The van der Waals surface area contributed by atoms with E-state index in [4.69, 9.17) is 11.6 Å². The number of hydrogen-bond acceptors (Lipinski definition) is 2. The Morgan fingerprint density at radius 1 is 1.00 bits per heavy atom. The fourth-order valence-electron chi connectivity index (χ4n) is 3.11. The van der Waals surface area contributed by atoms with E-state index >= 15 is 0 Å². The van der Waals surface area contributed by atoms with Crippen molar-refractivity contribution < 1.29 is 9.59 Å². The van der Waals surface area contributed by atoms with Gasteiger partial charge in [-0.1, -0.05) is 73.8 Å². The minimum atomic E-state index is -0.558. The molecule has 5 heteroatoms. The van der Waals surface area contributed by atoms with E-state index in [0.717, 1.165) is 30.4 Å². The van der Waals surface area contributed by atoms with Crippen LogP contribution < -0.4 is 5.32 Å². The maximum atomic E-state index is 13.0. The lowest BCUT2D eigenvalue weighted by molar-refractivity contribution is -0.139. The van der Waals surface area contributed by atoms with Crippen molar-refractivity contribution in [3.63, 3.8) is 0 Å². The number of halogens is 1. The van der Waals surface area contributed by atoms with Crippen LogP contribution in [0.1, 0.15) is 44.2 Å². The van der Waals surface area contributed by atoms with Crippen LogP contribution in [-0.2, 0) is 22.6 Å². The van der Waals surface area contributed by atoms with Crippen molar-refractivity contribution in [2.75, 3.05) is 6.54 Å². The molecule has 2 rings (SSSR count). The second-order valence-electron chi connectivity index (χ2n) is 6.98. The smallest absolute Gasteiger partial charge is 0.243 e. The van der Waals surface area contributed by atoms with Gasteiger partial charge in [-0.2, -0.15) is 0 Å². The maximum absolute atomic E-state index is 13.0. The van der Waals surface area contributed by atoms with E-state index in [1.54, 1.807) is 17.0 Å². The average Bonchev–Trinajstić information content (AvgIpc) is 2.70. The molecule has 1 N–H and O–H groups in total. The number of nitrogens with one attached hydrogen (secondary N) is 1. The van der Waals surface area contributed by atoms with Gasteiger partial charge < -0.3 is 10.2 Å². The predicted molar refractivity (Wildman–Crippen MR) is 114 cm³/mol. The molecule has 2 amide bonds. The molecule has 0 bridgehead atoms. The third-order valence-electron chi connectivity index (χ3n) is 4.70. The number of carbonyl (C=O) groups is 2. The van der Waals surface area contributed by atoms with Gasteiger partial charge in [0.05, 0.1) is 0 Å². The van der Waals surface area contributed by atoms with E-state index in [0.29, 0.717) is 24.5 Å². The molecule has 0 aliphatic heterocycles. The Morgan fingerprint density at radius 3 is 2.29 bits per heavy atom. The van der Waals surface area contributed by atoms with Gasteiger partial charge in [-0.15, -0.1) is 0 Å². The van der Waals surface area contributed by atoms with Crippen molar-refractivity contribution in [3.05, 3.63) is 70.7 Å². The number of unbranched alkanes of at least 4 members (excludes halogenated alkanes) is 2. The highest BCUT2D eigenvalue weighted by Gasteiger charge is 2.28. The highest BCUT2D eigenvalue weighted by Crippen LogP contribution is 2.16. The molecule has 28 heavy (non-hydrogen) atoms. The lowest BCUT2D eigenvalue weighted by Gasteiger charge is -2.30. The fraction of sp³-hybridized carbons (Fsp3) is 0.391. The molecule has 0 aliphatic carbocycles. The monoisotopic (exact) mass is 400 g/mol. The van der Waals surface area contributed by atoms with Crippen LogP contribution in [0.15, 0.2) is 54.6 Å². The number of carbonyl (C=O) groups excluding carboxylic acids is 2. The van der Waals surface area contributed by atoms with Crippen LogP contribution in [0.4, 0.5) is 0 Å². The Morgan fingerprint density at radius 2 is 1.68 bits per heavy atom. The first-order valence-corrected chi connectivity index (χ1v) is 10.2. The van der Waals surface area contributed by atoms with Crippen LogP contribution >= 0.6 is 11.6 Å². The van der Waals surface area contributed by atoms with E-state index in [-0.39, 0.29) is 11.8 Å². The highest BCUT2D eigenvalue weighted by molar-refractivity contribution is 6.30. The molecule has 0 fully saturated rings. The van der Waals surface area contributed by atoms with Crippen molar-refractivity contribution >= 4 is 23.4 Å². The Balaban J connectivity index is 2.20. The Kier molecular flexibility index (Phi) is 9.02. The number of nitrogens with zero attached hydrogens (tertiary/aromatic N) is 1. The zero-order chi connectivity index (χ0) is 20.4. The van der Waals surface area contributed by atoms with Gasteiger partial charge in [0.25, 0.3) is 0 Å². The topological polar surface area (TPSA) is 49.4 Å². The fourth-order valence-corrected chi connectivity index (χ4v) is 3.24. The van der Waals surface area contributed by atoms with Gasteiger partial charge in [0.15, 0.2) is 0 Å². The van der Waals surface area contributed by atoms with Gasteiger partial charge in [-0.05, 0) is 29.7 Å². The lowest BCUT2D eigenvalue weighted by atomic mass is 10.0. The maximum Gasteiger partial charge on any atom is 0.243 e. The van der Waals surface area contributed by atoms with E-state index in [1.807, 2.05) is 42.5 Å². The molecule has 0 aliphatic rings. The summed E-state index contributed by atoms with van der Waals surface area (Å²) in [6.45, 7) is 4.64. The molecule has 0 aromatic heterocycles. The lowest BCUT2D eigenvalue weighted by Crippen LogP contribution is -2.50. The van der Waals surface area contributed by atoms with Gasteiger partial charge in [0.1, 0.15) is 6.04 Å². The molecule has 0 saturated heterocycles. The van der Waals surface area contributed by atoms with Crippen molar-refractivity contribution in [1.82, 2.24) is 10.2 Å². The Hall–Kier alpha value is -2.33. The summed E-state index contributed by atoms with van der Waals surface area (Å²) in [5.41, 5.74) is 1.97.